The van der Waals surface area contributed by atoms with Crippen LogP contribution in [0.1, 0.15) is 46.1 Å². The van der Waals surface area contributed by atoms with Crippen molar-refractivity contribution in [1.82, 2.24) is 9.97 Å². The third-order valence-electron chi connectivity index (χ3n) is 2.66. The third kappa shape index (κ3) is 3.56. The lowest BCUT2D eigenvalue weighted by molar-refractivity contribution is 0.610. The molecule has 96 valence electrons. The predicted octanol–water partition coefficient (Wildman–Crippen LogP) is 3.74. The van der Waals surface area contributed by atoms with Crippen LogP contribution in [0.3, 0.4) is 0 Å². The minimum absolute atomic E-state index is 0.333. The largest absolute Gasteiger partial charge is 0.356 e. The molecule has 1 heterocycles. The number of rotatable bonds is 5. The molecule has 0 spiro atoms. The van der Waals surface area contributed by atoms with E-state index in [1.54, 1.807) is 6.33 Å². The summed E-state index contributed by atoms with van der Waals surface area (Å²) in [4.78, 5) is 10.8. The molecule has 0 aliphatic heterocycles. The second kappa shape index (κ2) is 6.20. The maximum Gasteiger partial charge on any atom is 0.138 e. The van der Waals surface area contributed by atoms with Crippen molar-refractivity contribution in [2.45, 2.75) is 40.5 Å². The molecule has 0 radical (unpaired) electrons. The van der Waals surface area contributed by atoms with Gasteiger partial charge in [-0.25, -0.2) is 9.97 Å². The first-order chi connectivity index (χ1) is 7.97. The van der Waals surface area contributed by atoms with E-state index in [9.17, 15) is 0 Å². The van der Waals surface area contributed by atoms with Gasteiger partial charge < -0.3 is 4.90 Å². The molecule has 17 heavy (non-hydrogen) atoms. The fraction of sp³-hybridized carbons (Fsp3) is 0.692. The molecule has 1 rings (SSSR count). The molecule has 1 aromatic rings. The molecular formula is C13H22ClN3. The highest BCUT2D eigenvalue weighted by atomic mass is 35.5. The van der Waals surface area contributed by atoms with Gasteiger partial charge in [0.15, 0.2) is 0 Å². The second-order valence-electron chi connectivity index (χ2n) is 4.99. The van der Waals surface area contributed by atoms with Crippen LogP contribution in [0, 0.1) is 5.92 Å². The molecule has 0 amide bonds. The zero-order valence-corrected chi connectivity index (χ0v) is 12.1. The zero-order valence-electron chi connectivity index (χ0n) is 11.4. The summed E-state index contributed by atoms with van der Waals surface area (Å²) in [5.74, 6) is 1.92. The van der Waals surface area contributed by atoms with E-state index in [0.717, 1.165) is 24.5 Å². The molecule has 0 bridgehead atoms. The van der Waals surface area contributed by atoms with E-state index in [1.807, 2.05) is 0 Å². The van der Waals surface area contributed by atoms with Crippen molar-refractivity contribution in [2.75, 3.05) is 18.0 Å². The average Bonchev–Trinajstić information content (AvgIpc) is 2.24. The Morgan fingerprint density at radius 1 is 1.24 bits per heavy atom. The smallest absolute Gasteiger partial charge is 0.138 e. The molecule has 0 unspecified atom stereocenters. The van der Waals surface area contributed by atoms with Crippen LogP contribution in [0.25, 0.3) is 0 Å². The molecule has 0 saturated carbocycles. The highest BCUT2D eigenvalue weighted by molar-refractivity contribution is 6.30. The normalized spacial score (nSPS) is 11.3. The first-order valence-electron chi connectivity index (χ1n) is 6.22. The van der Waals surface area contributed by atoms with Crippen molar-refractivity contribution in [3.05, 3.63) is 17.0 Å². The Bertz CT molecular complexity index is 364. The van der Waals surface area contributed by atoms with Gasteiger partial charge in [-0.15, -0.1) is 0 Å². The van der Waals surface area contributed by atoms with Crippen LogP contribution in [-0.4, -0.2) is 23.1 Å². The molecule has 0 aromatic carbocycles. The molecule has 0 aliphatic rings. The monoisotopic (exact) mass is 255 g/mol. The highest BCUT2D eigenvalue weighted by Crippen LogP contribution is 2.30. The number of aromatic nitrogens is 2. The maximum absolute atomic E-state index is 6.18. The molecule has 0 aliphatic carbocycles. The van der Waals surface area contributed by atoms with Crippen LogP contribution >= 0.6 is 11.6 Å². The van der Waals surface area contributed by atoms with Gasteiger partial charge in [-0.1, -0.05) is 39.3 Å². The minimum atomic E-state index is 0.333. The molecule has 0 atom stereocenters. The van der Waals surface area contributed by atoms with E-state index < -0.39 is 0 Å². The van der Waals surface area contributed by atoms with E-state index in [4.69, 9.17) is 11.6 Å². The number of halogens is 1. The zero-order chi connectivity index (χ0) is 13.0. The van der Waals surface area contributed by atoms with E-state index in [2.05, 4.69) is 49.5 Å². The fourth-order valence-corrected chi connectivity index (χ4v) is 2.27. The van der Waals surface area contributed by atoms with Gasteiger partial charge in [0, 0.05) is 18.7 Å². The van der Waals surface area contributed by atoms with Gasteiger partial charge in [0.1, 0.15) is 17.3 Å². The summed E-state index contributed by atoms with van der Waals surface area (Å²) in [6.45, 7) is 12.7. The predicted molar refractivity (Wildman–Crippen MR) is 73.9 cm³/mol. The van der Waals surface area contributed by atoms with Gasteiger partial charge in [0.05, 0.1) is 0 Å². The van der Waals surface area contributed by atoms with Crippen LogP contribution < -0.4 is 4.90 Å². The summed E-state index contributed by atoms with van der Waals surface area (Å²) < 4.78 is 0. The van der Waals surface area contributed by atoms with Crippen molar-refractivity contribution >= 4 is 17.4 Å². The van der Waals surface area contributed by atoms with Gasteiger partial charge in [0.25, 0.3) is 0 Å². The lowest BCUT2D eigenvalue weighted by Gasteiger charge is -2.27. The van der Waals surface area contributed by atoms with Gasteiger partial charge in [-0.3, -0.25) is 0 Å². The molecule has 1 aromatic heterocycles. The molecule has 0 saturated heterocycles. The molecular weight excluding hydrogens is 234 g/mol. The van der Waals surface area contributed by atoms with Crippen LogP contribution in [0.2, 0.25) is 5.15 Å². The van der Waals surface area contributed by atoms with E-state index >= 15 is 0 Å². The van der Waals surface area contributed by atoms with Crippen molar-refractivity contribution in [1.29, 1.82) is 0 Å². The molecule has 4 heteroatoms. The Kier molecular flexibility index (Phi) is 5.19. The highest BCUT2D eigenvalue weighted by Gasteiger charge is 2.18. The molecule has 0 fully saturated rings. The quantitative estimate of drug-likeness (QED) is 0.751. The topological polar surface area (TPSA) is 29.0 Å². The Morgan fingerprint density at radius 3 is 2.35 bits per heavy atom. The van der Waals surface area contributed by atoms with Crippen molar-refractivity contribution in [2.24, 2.45) is 5.92 Å². The molecule has 0 N–H and O–H groups in total. The van der Waals surface area contributed by atoms with Gasteiger partial charge in [-0.2, -0.15) is 0 Å². The van der Waals surface area contributed by atoms with E-state index in [0.29, 0.717) is 17.0 Å². The number of hydrogen-bond acceptors (Lipinski definition) is 3. The lowest BCUT2D eigenvalue weighted by Crippen LogP contribution is -2.29. The maximum atomic E-state index is 6.18. The Balaban J connectivity index is 3.14. The third-order valence-corrected chi connectivity index (χ3v) is 2.96. The second-order valence-corrected chi connectivity index (χ2v) is 5.35. The minimum Gasteiger partial charge on any atom is -0.356 e. The van der Waals surface area contributed by atoms with Crippen LogP contribution in [-0.2, 0) is 0 Å². The average molecular weight is 256 g/mol. The summed E-state index contributed by atoms with van der Waals surface area (Å²) in [6.07, 6.45) is 1.55. The lowest BCUT2D eigenvalue weighted by atomic mass is 10.0. The number of anilines is 1. The SMILES string of the molecule is CCN(CC(C)C)c1ncnc(Cl)c1C(C)C. The van der Waals surface area contributed by atoms with Gasteiger partial charge in [-0.05, 0) is 18.8 Å². The van der Waals surface area contributed by atoms with Gasteiger partial charge in [0.2, 0.25) is 0 Å². The van der Waals surface area contributed by atoms with Crippen LogP contribution in [0.5, 0.6) is 0 Å². The number of hydrogen-bond donors (Lipinski definition) is 0. The van der Waals surface area contributed by atoms with Crippen molar-refractivity contribution in [3.8, 4) is 0 Å². The standard InChI is InChI=1S/C13H22ClN3/c1-6-17(7-9(2)3)13-11(10(4)5)12(14)15-8-16-13/h8-10H,6-7H2,1-5H3. The summed E-state index contributed by atoms with van der Waals surface area (Å²) in [7, 11) is 0. The summed E-state index contributed by atoms with van der Waals surface area (Å²) >= 11 is 6.18. The van der Waals surface area contributed by atoms with Gasteiger partial charge >= 0.3 is 0 Å². The first-order valence-corrected chi connectivity index (χ1v) is 6.60. The van der Waals surface area contributed by atoms with Crippen molar-refractivity contribution in [3.63, 3.8) is 0 Å². The number of nitrogens with zero attached hydrogens (tertiary/aromatic N) is 3. The van der Waals surface area contributed by atoms with Crippen molar-refractivity contribution < 1.29 is 0 Å². The van der Waals surface area contributed by atoms with Crippen LogP contribution in [0.4, 0.5) is 5.82 Å². The van der Waals surface area contributed by atoms with Crippen LogP contribution in [0.15, 0.2) is 6.33 Å². The molecule has 3 nitrogen and oxygen atoms in total. The fourth-order valence-electron chi connectivity index (χ4n) is 1.92. The Labute approximate surface area is 109 Å². The summed E-state index contributed by atoms with van der Waals surface area (Å²) in [5, 5.41) is 0.576. The summed E-state index contributed by atoms with van der Waals surface area (Å²) in [5.41, 5.74) is 1.05. The Morgan fingerprint density at radius 2 is 1.88 bits per heavy atom. The Hall–Kier alpha value is -0.830. The van der Waals surface area contributed by atoms with E-state index in [-0.39, 0.29) is 0 Å². The van der Waals surface area contributed by atoms with E-state index in [1.165, 1.54) is 0 Å². The first kappa shape index (κ1) is 14.2. The summed E-state index contributed by atoms with van der Waals surface area (Å²) in [6, 6.07) is 0.